The van der Waals surface area contributed by atoms with Crippen molar-refractivity contribution in [3.05, 3.63) is 12.3 Å². The fraction of sp³-hybridized carbons (Fsp3) is 0.952. The molecule has 3 nitrogen and oxygen atoms in total. The second-order valence-corrected chi connectivity index (χ2v) is 15.4. The van der Waals surface area contributed by atoms with Crippen molar-refractivity contribution in [3.63, 3.8) is 0 Å². The first-order chi connectivity index (χ1) is 22.8. The molecule has 0 spiro atoms. The Bertz CT molecular complexity index is 593. The van der Waals surface area contributed by atoms with Crippen LogP contribution in [0.4, 0.5) is 0 Å². The molecular formula is C42H85O3P. The van der Waals surface area contributed by atoms with E-state index >= 15 is 0 Å². The Morgan fingerprint density at radius 2 is 0.609 bits per heavy atom. The SMILES string of the molecule is CCCCCCCCCCCCCCCCCCCCCCCCCCCCCCCCCCCCCCC=CO[PH](=O)OCC. The molecule has 0 radical (unpaired) electrons. The van der Waals surface area contributed by atoms with E-state index in [1.54, 1.807) is 6.26 Å². The average molecular weight is 669 g/mol. The van der Waals surface area contributed by atoms with Crippen molar-refractivity contribution >= 4 is 8.25 Å². The Morgan fingerprint density at radius 3 is 0.848 bits per heavy atom. The zero-order chi connectivity index (χ0) is 33.3. The van der Waals surface area contributed by atoms with Crippen molar-refractivity contribution < 1.29 is 13.6 Å². The third-order valence-corrected chi connectivity index (χ3v) is 10.6. The summed E-state index contributed by atoms with van der Waals surface area (Å²) >= 11 is 0. The van der Waals surface area contributed by atoms with Gasteiger partial charge in [-0.25, -0.2) is 4.57 Å². The first-order valence-corrected chi connectivity index (χ1v) is 22.5. The Hall–Kier alpha value is -0.270. The fourth-order valence-electron chi connectivity index (χ4n) is 6.67. The van der Waals surface area contributed by atoms with Crippen molar-refractivity contribution in [2.45, 2.75) is 251 Å². The van der Waals surface area contributed by atoms with Crippen molar-refractivity contribution in [3.8, 4) is 0 Å². The molecule has 0 aromatic heterocycles. The normalized spacial score (nSPS) is 12.4. The van der Waals surface area contributed by atoms with Gasteiger partial charge in [0.1, 0.15) is 0 Å². The predicted molar refractivity (Wildman–Crippen MR) is 207 cm³/mol. The highest BCUT2D eigenvalue weighted by Crippen LogP contribution is 2.23. The largest absolute Gasteiger partial charge is 0.435 e. The minimum Gasteiger partial charge on any atom is -0.435 e. The zero-order valence-electron chi connectivity index (χ0n) is 31.7. The molecule has 0 heterocycles. The highest BCUT2D eigenvalue weighted by molar-refractivity contribution is 7.33. The van der Waals surface area contributed by atoms with Gasteiger partial charge in [0, 0.05) is 0 Å². The van der Waals surface area contributed by atoms with Gasteiger partial charge in [-0.2, -0.15) is 0 Å². The van der Waals surface area contributed by atoms with Crippen LogP contribution in [0.5, 0.6) is 0 Å². The maximum absolute atomic E-state index is 11.2. The van der Waals surface area contributed by atoms with Gasteiger partial charge in [-0.1, -0.05) is 232 Å². The first-order valence-electron chi connectivity index (χ1n) is 21.3. The van der Waals surface area contributed by atoms with Crippen molar-refractivity contribution in [1.82, 2.24) is 0 Å². The lowest BCUT2D eigenvalue weighted by molar-refractivity contribution is 0.285. The summed E-state index contributed by atoms with van der Waals surface area (Å²) in [7, 11) is -2.31. The highest BCUT2D eigenvalue weighted by Gasteiger charge is 1.98. The summed E-state index contributed by atoms with van der Waals surface area (Å²) in [6, 6.07) is 0. The average Bonchev–Trinajstić information content (AvgIpc) is 3.06. The van der Waals surface area contributed by atoms with Crippen LogP contribution in [-0.2, 0) is 13.6 Å². The Morgan fingerprint density at radius 1 is 0.370 bits per heavy atom. The van der Waals surface area contributed by atoms with Crippen LogP contribution in [0.3, 0.4) is 0 Å². The molecule has 4 heteroatoms. The maximum Gasteiger partial charge on any atom is 0.367 e. The van der Waals surface area contributed by atoms with Crippen LogP contribution in [0.1, 0.15) is 251 Å². The third kappa shape index (κ3) is 41.8. The maximum atomic E-state index is 11.2. The molecule has 0 aromatic carbocycles. The fourth-order valence-corrected chi connectivity index (χ4v) is 7.18. The highest BCUT2D eigenvalue weighted by atomic mass is 31.1. The molecule has 0 N–H and O–H groups in total. The second-order valence-electron chi connectivity index (χ2n) is 14.3. The van der Waals surface area contributed by atoms with E-state index in [4.69, 9.17) is 9.05 Å². The van der Waals surface area contributed by atoms with E-state index in [1.807, 2.05) is 13.0 Å². The smallest absolute Gasteiger partial charge is 0.367 e. The molecule has 0 aliphatic heterocycles. The molecule has 46 heavy (non-hydrogen) atoms. The van der Waals surface area contributed by atoms with Crippen LogP contribution in [0, 0.1) is 0 Å². The molecule has 0 rings (SSSR count). The molecule has 0 bridgehead atoms. The lowest BCUT2D eigenvalue weighted by Crippen LogP contribution is -1.85. The van der Waals surface area contributed by atoms with Gasteiger partial charge in [0.25, 0.3) is 0 Å². The molecule has 0 saturated carbocycles. The number of hydrogen-bond acceptors (Lipinski definition) is 3. The lowest BCUT2D eigenvalue weighted by Gasteiger charge is -2.05. The van der Waals surface area contributed by atoms with Gasteiger partial charge >= 0.3 is 8.25 Å². The van der Waals surface area contributed by atoms with Crippen molar-refractivity contribution in [2.24, 2.45) is 0 Å². The van der Waals surface area contributed by atoms with Gasteiger partial charge in [0.15, 0.2) is 0 Å². The van der Waals surface area contributed by atoms with Gasteiger partial charge in [0.2, 0.25) is 0 Å². The molecular weight excluding hydrogens is 583 g/mol. The lowest BCUT2D eigenvalue weighted by atomic mass is 10.0. The summed E-state index contributed by atoms with van der Waals surface area (Å²) in [4.78, 5) is 0. The number of rotatable bonds is 41. The van der Waals surface area contributed by atoms with E-state index in [2.05, 4.69) is 6.92 Å². The minimum atomic E-state index is -2.31. The van der Waals surface area contributed by atoms with E-state index < -0.39 is 8.25 Å². The minimum absolute atomic E-state index is 0.436. The summed E-state index contributed by atoms with van der Waals surface area (Å²) in [5.41, 5.74) is 0. The molecule has 0 saturated heterocycles. The van der Waals surface area contributed by atoms with Gasteiger partial charge in [-0.15, -0.1) is 0 Å². The summed E-state index contributed by atoms with van der Waals surface area (Å²) < 4.78 is 21.1. The van der Waals surface area contributed by atoms with Gasteiger partial charge in [0.05, 0.1) is 12.9 Å². The zero-order valence-corrected chi connectivity index (χ0v) is 32.7. The van der Waals surface area contributed by atoms with Crippen LogP contribution >= 0.6 is 8.25 Å². The van der Waals surface area contributed by atoms with Gasteiger partial charge in [-0.05, 0) is 25.8 Å². The molecule has 0 aliphatic carbocycles. The van der Waals surface area contributed by atoms with E-state index in [-0.39, 0.29) is 0 Å². The van der Waals surface area contributed by atoms with Crippen LogP contribution in [0.25, 0.3) is 0 Å². The number of hydrogen-bond donors (Lipinski definition) is 0. The molecule has 0 aliphatic rings. The summed E-state index contributed by atoms with van der Waals surface area (Å²) in [5, 5.41) is 0. The number of unbranched alkanes of at least 4 members (excludes halogenated alkanes) is 36. The molecule has 1 atom stereocenters. The van der Waals surface area contributed by atoms with Crippen LogP contribution < -0.4 is 0 Å². The van der Waals surface area contributed by atoms with Crippen LogP contribution in [-0.4, -0.2) is 6.61 Å². The third-order valence-electron chi connectivity index (χ3n) is 9.75. The Labute approximate surface area is 291 Å². The summed E-state index contributed by atoms with van der Waals surface area (Å²) in [6.45, 7) is 4.56. The first kappa shape index (κ1) is 45.7. The quantitative estimate of drug-likeness (QED) is 0.0369. The van der Waals surface area contributed by atoms with Gasteiger partial charge in [-0.3, -0.25) is 0 Å². The van der Waals surface area contributed by atoms with Crippen molar-refractivity contribution in [1.29, 1.82) is 0 Å². The van der Waals surface area contributed by atoms with E-state index in [9.17, 15) is 4.57 Å². The van der Waals surface area contributed by atoms with E-state index in [0.717, 1.165) is 6.42 Å². The molecule has 0 amide bonds. The van der Waals surface area contributed by atoms with Crippen LogP contribution in [0.2, 0.25) is 0 Å². The Balaban J connectivity index is 3.08. The monoisotopic (exact) mass is 669 g/mol. The summed E-state index contributed by atoms with van der Waals surface area (Å²) in [6.07, 6.45) is 56.6. The second kappa shape index (κ2) is 42.8. The standard InChI is InChI=1S/C42H85O3P/c1-3-5-6-7-8-9-10-11-12-13-14-15-16-17-18-19-20-21-22-23-24-25-26-27-28-29-30-31-32-33-34-35-36-37-38-39-40-41-42-45-46(43)44-4-2/h41-42,46H,3-40H2,1-2H3. The summed E-state index contributed by atoms with van der Waals surface area (Å²) in [5.74, 6) is 0. The topological polar surface area (TPSA) is 35.5 Å². The van der Waals surface area contributed by atoms with E-state index in [1.165, 1.54) is 231 Å². The molecule has 276 valence electrons. The molecule has 0 fully saturated rings. The Kier molecular flexibility index (Phi) is 42.5. The predicted octanol–water partition coefficient (Wildman–Crippen LogP) is 16.4. The van der Waals surface area contributed by atoms with Crippen molar-refractivity contribution in [2.75, 3.05) is 6.61 Å². The molecule has 0 aromatic rings. The van der Waals surface area contributed by atoms with E-state index in [0.29, 0.717) is 6.61 Å². The van der Waals surface area contributed by atoms with Crippen LogP contribution in [0.15, 0.2) is 12.3 Å². The van der Waals surface area contributed by atoms with Gasteiger partial charge < -0.3 is 9.05 Å². The molecule has 1 unspecified atom stereocenters. The number of allylic oxidation sites excluding steroid dienone is 1.